The van der Waals surface area contributed by atoms with Crippen molar-refractivity contribution in [2.24, 2.45) is 0 Å². The lowest BCUT2D eigenvalue weighted by Crippen LogP contribution is -2.35. The van der Waals surface area contributed by atoms with Crippen LogP contribution in [0.3, 0.4) is 0 Å². The Hall–Kier alpha value is -2.36. The molecule has 1 aromatic carbocycles. The first kappa shape index (κ1) is 18.0. The molecule has 0 saturated carbocycles. The number of fused-ring (bicyclic) bond motifs is 1. The number of hydrogen-bond acceptors (Lipinski definition) is 3. The van der Waals surface area contributed by atoms with Gasteiger partial charge in [-0.3, -0.25) is 4.98 Å². The van der Waals surface area contributed by atoms with E-state index in [1.807, 2.05) is 13.8 Å². The SMILES string of the molecule is CC.CC1(CNc2cnccc2C(=O)O)CCCc2ccccc21. The van der Waals surface area contributed by atoms with E-state index in [1.54, 1.807) is 6.20 Å². The van der Waals surface area contributed by atoms with Crippen molar-refractivity contribution in [3.8, 4) is 0 Å². The van der Waals surface area contributed by atoms with E-state index in [4.69, 9.17) is 0 Å². The average Bonchev–Trinajstić information content (AvgIpc) is 2.62. The maximum Gasteiger partial charge on any atom is 0.337 e. The minimum atomic E-state index is -0.931. The van der Waals surface area contributed by atoms with Crippen molar-refractivity contribution in [1.82, 2.24) is 4.98 Å². The molecule has 128 valence electrons. The summed E-state index contributed by atoms with van der Waals surface area (Å²) in [5, 5.41) is 12.6. The molecule has 0 amide bonds. The number of benzene rings is 1. The van der Waals surface area contributed by atoms with Crippen LogP contribution in [0.5, 0.6) is 0 Å². The van der Waals surface area contributed by atoms with Crippen LogP contribution in [0.2, 0.25) is 0 Å². The summed E-state index contributed by atoms with van der Waals surface area (Å²) < 4.78 is 0. The third kappa shape index (κ3) is 3.75. The van der Waals surface area contributed by atoms with Gasteiger partial charge in [0.15, 0.2) is 0 Å². The summed E-state index contributed by atoms with van der Waals surface area (Å²) in [5.41, 5.74) is 3.64. The Labute approximate surface area is 143 Å². The number of pyridine rings is 1. The minimum Gasteiger partial charge on any atom is -0.478 e. The number of aromatic nitrogens is 1. The van der Waals surface area contributed by atoms with Gasteiger partial charge in [0, 0.05) is 18.2 Å². The number of rotatable bonds is 4. The predicted octanol–water partition coefficient (Wildman–Crippen LogP) is 4.51. The zero-order chi connectivity index (χ0) is 17.6. The van der Waals surface area contributed by atoms with E-state index in [-0.39, 0.29) is 11.0 Å². The number of aromatic carboxylic acids is 1. The Morgan fingerprint density at radius 2 is 2.04 bits per heavy atom. The first-order chi connectivity index (χ1) is 11.6. The van der Waals surface area contributed by atoms with Crippen molar-refractivity contribution < 1.29 is 9.90 Å². The van der Waals surface area contributed by atoms with E-state index < -0.39 is 5.97 Å². The maximum absolute atomic E-state index is 11.3. The van der Waals surface area contributed by atoms with E-state index in [1.165, 1.54) is 23.4 Å². The molecule has 0 fully saturated rings. The summed E-state index contributed by atoms with van der Waals surface area (Å²) in [6, 6.07) is 10.1. The zero-order valence-electron chi connectivity index (χ0n) is 14.7. The van der Waals surface area contributed by atoms with Crippen molar-refractivity contribution in [1.29, 1.82) is 0 Å². The molecule has 24 heavy (non-hydrogen) atoms. The molecule has 2 aromatic rings. The fourth-order valence-electron chi connectivity index (χ4n) is 3.33. The lowest BCUT2D eigenvalue weighted by Gasteiger charge is -2.36. The van der Waals surface area contributed by atoms with Gasteiger partial charge in [-0.25, -0.2) is 4.79 Å². The molecule has 1 aliphatic carbocycles. The second-order valence-electron chi connectivity index (χ2n) is 6.15. The quantitative estimate of drug-likeness (QED) is 0.867. The number of aryl methyl sites for hydroxylation is 1. The Bertz CT molecular complexity index is 700. The van der Waals surface area contributed by atoms with E-state index in [0.29, 0.717) is 12.2 Å². The lowest BCUT2D eigenvalue weighted by molar-refractivity contribution is 0.0697. The molecule has 1 aliphatic rings. The zero-order valence-corrected chi connectivity index (χ0v) is 14.7. The van der Waals surface area contributed by atoms with E-state index in [0.717, 1.165) is 19.3 Å². The van der Waals surface area contributed by atoms with Gasteiger partial charge >= 0.3 is 5.97 Å². The summed E-state index contributed by atoms with van der Waals surface area (Å²) in [6.45, 7) is 6.95. The lowest BCUT2D eigenvalue weighted by atomic mass is 9.71. The molecule has 0 aliphatic heterocycles. The molecule has 0 spiro atoms. The Morgan fingerprint density at radius 3 is 2.79 bits per heavy atom. The smallest absolute Gasteiger partial charge is 0.337 e. The van der Waals surface area contributed by atoms with Crippen LogP contribution in [0.15, 0.2) is 42.7 Å². The van der Waals surface area contributed by atoms with E-state index >= 15 is 0 Å². The summed E-state index contributed by atoms with van der Waals surface area (Å²) >= 11 is 0. The van der Waals surface area contributed by atoms with Gasteiger partial charge in [0.2, 0.25) is 0 Å². The standard InChI is InChI=1S/C18H20N2O2.C2H6/c1-18(9-4-6-13-5-2-3-7-15(13)18)12-20-16-11-19-10-8-14(16)17(21)22;1-2/h2-3,5,7-8,10-11,20H,4,6,9,12H2,1H3,(H,21,22);1-2H3. The number of nitrogens with zero attached hydrogens (tertiary/aromatic N) is 1. The highest BCUT2D eigenvalue weighted by Gasteiger charge is 2.31. The maximum atomic E-state index is 11.3. The molecule has 0 radical (unpaired) electrons. The van der Waals surface area contributed by atoms with Gasteiger partial charge in [0.25, 0.3) is 0 Å². The predicted molar refractivity (Wildman–Crippen MR) is 97.8 cm³/mol. The Morgan fingerprint density at radius 1 is 1.29 bits per heavy atom. The number of carboxylic acids is 1. The highest BCUT2D eigenvalue weighted by Crippen LogP contribution is 2.37. The first-order valence-electron chi connectivity index (χ1n) is 8.60. The molecule has 4 nitrogen and oxygen atoms in total. The van der Waals surface area contributed by atoms with Gasteiger partial charge in [-0.05, 0) is 36.5 Å². The van der Waals surface area contributed by atoms with Gasteiger partial charge in [-0.15, -0.1) is 0 Å². The molecule has 0 bridgehead atoms. The van der Waals surface area contributed by atoms with Crippen molar-refractivity contribution in [2.45, 2.75) is 45.4 Å². The fraction of sp³-hybridized carbons (Fsp3) is 0.400. The summed E-state index contributed by atoms with van der Waals surface area (Å²) in [4.78, 5) is 15.3. The van der Waals surface area contributed by atoms with Crippen molar-refractivity contribution in [2.75, 3.05) is 11.9 Å². The van der Waals surface area contributed by atoms with Crippen LogP contribution in [0.25, 0.3) is 0 Å². The van der Waals surface area contributed by atoms with Gasteiger partial charge in [-0.2, -0.15) is 0 Å². The molecule has 2 N–H and O–H groups in total. The number of carbonyl (C=O) groups is 1. The monoisotopic (exact) mass is 326 g/mol. The van der Waals surface area contributed by atoms with Gasteiger partial charge < -0.3 is 10.4 Å². The fourth-order valence-corrected chi connectivity index (χ4v) is 3.33. The second kappa shape index (κ2) is 7.95. The molecule has 1 atom stereocenters. The van der Waals surface area contributed by atoms with Crippen LogP contribution < -0.4 is 5.32 Å². The molecule has 4 heteroatoms. The third-order valence-corrected chi connectivity index (χ3v) is 4.56. The summed E-state index contributed by atoms with van der Waals surface area (Å²) in [7, 11) is 0. The normalized spacial score (nSPS) is 18.8. The van der Waals surface area contributed by atoms with Gasteiger partial charge in [0.1, 0.15) is 0 Å². The number of nitrogens with one attached hydrogen (secondary N) is 1. The van der Waals surface area contributed by atoms with Crippen LogP contribution in [0, 0.1) is 0 Å². The van der Waals surface area contributed by atoms with Crippen LogP contribution in [-0.2, 0) is 11.8 Å². The Balaban J connectivity index is 0.00000100. The van der Waals surface area contributed by atoms with Crippen LogP contribution in [-0.4, -0.2) is 22.6 Å². The van der Waals surface area contributed by atoms with Gasteiger partial charge in [-0.1, -0.05) is 45.0 Å². The van der Waals surface area contributed by atoms with Crippen molar-refractivity contribution >= 4 is 11.7 Å². The molecular weight excluding hydrogens is 300 g/mol. The molecule has 1 aromatic heterocycles. The largest absolute Gasteiger partial charge is 0.478 e. The van der Waals surface area contributed by atoms with Gasteiger partial charge in [0.05, 0.1) is 17.4 Å². The third-order valence-electron chi connectivity index (χ3n) is 4.56. The highest BCUT2D eigenvalue weighted by atomic mass is 16.4. The molecule has 0 saturated heterocycles. The second-order valence-corrected chi connectivity index (χ2v) is 6.15. The summed E-state index contributed by atoms with van der Waals surface area (Å²) in [5.74, 6) is -0.931. The van der Waals surface area contributed by atoms with E-state index in [2.05, 4.69) is 41.5 Å². The van der Waals surface area contributed by atoms with Crippen molar-refractivity contribution in [3.63, 3.8) is 0 Å². The van der Waals surface area contributed by atoms with Crippen LogP contribution in [0.1, 0.15) is 55.1 Å². The average molecular weight is 326 g/mol. The number of anilines is 1. The Kier molecular flexibility index (Phi) is 5.96. The molecule has 1 heterocycles. The molecule has 3 rings (SSSR count). The summed E-state index contributed by atoms with van der Waals surface area (Å²) in [6.07, 6.45) is 6.47. The first-order valence-corrected chi connectivity index (χ1v) is 8.60. The minimum absolute atomic E-state index is 0.0143. The van der Waals surface area contributed by atoms with Crippen molar-refractivity contribution in [3.05, 3.63) is 59.4 Å². The number of carboxylic acid groups (broad SMARTS) is 1. The topological polar surface area (TPSA) is 62.2 Å². The van der Waals surface area contributed by atoms with E-state index in [9.17, 15) is 9.90 Å². The molecule has 1 unspecified atom stereocenters. The highest BCUT2D eigenvalue weighted by molar-refractivity contribution is 5.93. The van der Waals surface area contributed by atoms with Crippen LogP contribution in [0.4, 0.5) is 5.69 Å². The number of hydrogen-bond donors (Lipinski definition) is 2. The molecular formula is C20H26N2O2. The van der Waals surface area contributed by atoms with Crippen LogP contribution >= 0.6 is 0 Å².